The van der Waals surface area contributed by atoms with E-state index in [4.69, 9.17) is 0 Å². The van der Waals surface area contributed by atoms with Gasteiger partial charge in [0.1, 0.15) is 0 Å². The van der Waals surface area contributed by atoms with Gasteiger partial charge in [-0.05, 0) is 13.3 Å². The highest BCUT2D eigenvalue weighted by Gasteiger charge is 2.03. The fourth-order valence-corrected chi connectivity index (χ4v) is 1.19. The van der Waals surface area contributed by atoms with Gasteiger partial charge in [-0.2, -0.15) is 0 Å². The normalized spacial score (nSPS) is 10.1. The maximum absolute atomic E-state index is 11.2. The maximum Gasteiger partial charge on any atom is 0.220 e. The van der Waals surface area contributed by atoms with E-state index in [9.17, 15) is 4.79 Å². The van der Waals surface area contributed by atoms with Crippen LogP contribution < -0.4 is 5.32 Å². The molecule has 1 aromatic heterocycles. The fourth-order valence-electron chi connectivity index (χ4n) is 1.19. The average molecular weight is 196 g/mol. The Labute approximate surface area is 83.5 Å². The summed E-state index contributed by atoms with van der Waals surface area (Å²) in [5.41, 5.74) is 0.942. The van der Waals surface area contributed by atoms with Crippen LogP contribution in [0.4, 0.5) is 0 Å². The molecule has 5 heteroatoms. The van der Waals surface area contributed by atoms with E-state index >= 15 is 0 Å². The molecule has 1 N–H and O–H groups in total. The Morgan fingerprint density at radius 1 is 1.57 bits per heavy atom. The Bertz CT molecular complexity index is 295. The van der Waals surface area contributed by atoms with E-state index in [0.717, 1.165) is 18.7 Å². The second kappa shape index (κ2) is 5.36. The zero-order valence-electron chi connectivity index (χ0n) is 8.66. The Kier molecular flexibility index (Phi) is 4.10. The Morgan fingerprint density at radius 3 is 3.00 bits per heavy atom. The zero-order valence-corrected chi connectivity index (χ0v) is 8.66. The summed E-state index contributed by atoms with van der Waals surface area (Å²) in [5, 5.41) is 10.5. The van der Waals surface area contributed by atoms with Gasteiger partial charge in [0.2, 0.25) is 5.91 Å². The van der Waals surface area contributed by atoms with E-state index in [2.05, 4.69) is 15.6 Å². The molecule has 0 bridgehead atoms. The molecule has 5 nitrogen and oxygen atoms in total. The first-order valence-corrected chi connectivity index (χ1v) is 4.92. The summed E-state index contributed by atoms with van der Waals surface area (Å²) >= 11 is 0. The molecular weight excluding hydrogens is 180 g/mol. The van der Waals surface area contributed by atoms with Crippen molar-refractivity contribution in [2.24, 2.45) is 0 Å². The van der Waals surface area contributed by atoms with Crippen molar-refractivity contribution in [1.29, 1.82) is 0 Å². The molecule has 78 valence electrons. The Balaban J connectivity index is 2.41. The van der Waals surface area contributed by atoms with E-state index in [1.165, 1.54) is 0 Å². The van der Waals surface area contributed by atoms with Crippen molar-refractivity contribution in [3.8, 4) is 0 Å². The molecule has 1 aromatic rings. The SMILES string of the molecule is CCCC(=O)NCc1cnnn1CC. The minimum atomic E-state index is 0.0800. The predicted molar refractivity (Wildman–Crippen MR) is 52.5 cm³/mol. The van der Waals surface area contributed by atoms with Gasteiger partial charge in [-0.1, -0.05) is 12.1 Å². The number of nitrogens with zero attached hydrogens (tertiary/aromatic N) is 3. The van der Waals surface area contributed by atoms with E-state index in [1.807, 2.05) is 13.8 Å². The van der Waals surface area contributed by atoms with Gasteiger partial charge in [-0.25, -0.2) is 4.68 Å². The van der Waals surface area contributed by atoms with Crippen LogP contribution in [0.15, 0.2) is 6.20 Å². The number of rotatable bonds is 5. The largest absolute Gasteiger partial charge is 0.350 e. The van der Waals surface area contributed by atoms with Gasteiger partial charge in [-0.3, -0.25) is 4.79 Å². The highest BCUT2D eigenvalue weighted by Crippen LogP contribution is 1.96. The molecule has 14 heavy (non-hydrogen) atoms. The summed E-state index contributed by atoms with van der Waals surface area (Å²) in [5.74, 6) is 0.0800. The predicted octanol–water partition coefficient (Wildman–Crippen LogP) is 0.714. The molecular formula is C9H16N4O. The monoisotopic (exact) mass is 196 g/mol. The average Bonchev–Trinajstić information content (AvgIpc) is 2.62. The topological polar surface area (TPSA) is 59.8 Å². The van der Waals surface area contributed by atoms with Crippen molar-refractivity contribution >= 4 is 5.91 Å². The third-order valence-corrected chi connectivity index (χ3v) is 1.94. The van der Waals surface area contributed by atoms with E-state index < -0.39 is 0 Å². The molecule has 1 rings (SSSR count). The lowest BCUT2D eigenvalue weighted by molar-refractivity contribution is -0.121. The summed E-state index contributed by atoms with van der Waals surface area (Å²) < 4.78 is 1.77. The summed E-state index contributed by atoms with van der Waals surface area (Å²) in [4.78, 5) is 11.2. The number of amides is 1. The van der Waals surface area contributed by atoms with Gasteiger partial charge < -0.3 is 5.32 Å². The molecule has 0 radical (unpaired) electrons. The van der Waals surface area contributed by atoms with Gasteiger partial charge in [0.05, 0.1) is 18.4 Å². The summed E-state index contributed by atoms with van der Waals surface area (Å²) in [6.07, 6.45) is 3.13. The van der Waals surface area contributed by atoms with E-state index in [1.54, 1.807) is 10.9 Å². The van der Waals surface area contributed by atoms with Crippen LogP contribution in [-0.2, 0) is 17.9 Å². The van der Waals surface area contributed by atoms with Crippen LogP contribution in [0.5, 0.6) is 0 Å². The highest BCUT2D eigenvalue weighted by molar-refractivity contribution is 5.75. The lowest BCUT2D eigenvalue weighted by atomic mass is 10.3. The summed E-state index contributed by atoms with van der Waals surface area (Å²) in [7, 11) is 0. The molecule has 1 heterocycles. The molecule has 0 saturated heterocycles. The molecule has 0 aromatic carbocycles. The van der Waals surface area contributed by atoms with Crippen LogP contribution in [0.1, 0.15) is 32.4 Å². The van der Waals surface area contributed by atoms with E-state index in [0.29, 0.717) is 13.0 Å². The number of hydrogen-bond acceptors (Lipinski definition) is 3. The minimum Gasteiger partial charge on any atom is -0.350 e. The first kappa shape index (κ1) is 10.7. The van der Waals surface area contributed by atoms with Crippen LogP contribution in [0.2, 0.25) is 0 Å². The number of nitrogens with one attached hydrogen (secondary N) is 1. The lowest BCUT2D eigenvalue weighted by Crippen LogP contribution is -2.23. The van der Waals surface area contributed by atoms with Crippen LogP contribution in [0.3, 0.4) is 0 Å². The second-order valence-electron chi connectivity index (χ2n) is 3.07. The number of hydrogen-bond donors (Lipinski definition) is 1. The van der Waals surface area contributed by atoms with Gasteiger partial charge >= 0.3 is 0 Å². The smallest absolute Gasteiger partial charge is 0.220 e. The molecule has 0 aliphatic heterocycles. The Hall–Kier alpha value is -1.39. The maximum atomic E-state index is 11.2. The molecule has 0 aliphatic rings. The molecule has 0 unspecified atom stereocenters. The standard InChI is InChI=1S/C9H16N4O/c1-3-5-9(14)10-6-8-7-11-12-13(8)4-2/h7H,3-6H2,1-2H3,(H,10,14). The van der Waals surface area contributed by atoms with E-state index in [-0.39, 0.29) is 5.91 Å². The van der Waals surface area contributed by atoms with Crippen molar-refractivity contribution in [3.63, 3.8) is 0 Å². The van der Waals surface area contributed by atoms with Crippen molar-refractivity contribution < 1.29 is 4.79 Å². The van der Waals surface area contributed by atoms with Gasteiger partial charge in [0, 0.05) is 13.0 Å². The zero-order chi connectivity index (χ0) is 10.4. The highest BCUT2D eigenvalue weighted by atomic mass is 16.1. The molecule has 0 spiro atoms. The fraction of sp³-hybridized carbons (Fsp3) is 0.667. The molecule has 0 saturated carbocycles. The van der Waals surface area contributed by atoms with Crippen LogP contribution in [0.25, 0.3) is 0 Å². The minimum absolute atomic E-state index is 0.0800. The number of carbonyl (C=O) groups is 1. The number of carbonyl (C=O) groups excluding carboxylic acids is 1. The van der Waals surface area contributed by atoms with Crippen molar-refractivity contribution in [2.45, 2.75) is 39.8 Å². The molecule has 0 fully saturated rings. The first-order chi connectivity index (χ1) is 6.77. The summed E-state index contributed by atoms with van der Waals surface area (Å²) in [6, 6.07) is 0. The van der Waals surface area contributed by atoms with Crippen LogP contribution in [0, 0.1) is 0 Å². The van der Waals surface area contributed by atoms with Crippen molar-refractivity contribution in [3.05, 3.63) is 11.9 Å². The van der Waals surface area contributed by atoms with Gasteiger partial charge in [0.15, 0.2) is 0 Å². The van der Waals surface area contributed by atoms with Gasteiger partial charge in [0.25, 0.3) is 0 Å². The van der Waals surface area contributed by atoms with Gasteiger partial charge in [-0.15, -0.1) is 5.10 Å². The molecule has 0 atom stereocenters. The lowest BCUT2D eigenvalue weighted by Gasteiger charge is -2.04. The molecule has 0 aliphatic carbocycles. The van der Waals surface area contributed by atoms with Crippen molar-refractivity contribution in [2.75, 3.05) is 0 Å². The Morgan fingerprint density at radius 2 is 2.36 bits per heavy atom. The third-order valence-electron chi connectivity index (χ3n) is 1.94. The first-order valence-electron chi connectivity index (χ1n) is 4.92. The number of aromatic nitrogens is 3. The molecule has 1 amide bonds. The second-order valence-corrected chi connectivity index (χ2v) is 3.07. The quantitative estimate of drug-likeness (QED) is 0.754. The van der Waals surface area contributed by atoms with Crippen LogP contribution in [-0.4, -0.2) is 20.9 Å². The summed E-state index contributed by atoms with van der Waals surface area (Å²) in [6.45, 7) is 5.27. The number of aryl methyl sites for hydroxylation is 1. The van der Waals surface area contributed by atoms with Crippen LogP contribution >= 0.6 is 0 Å². The van der Waals surface area contributed by atoms with Crippen molar-refractivity contribution in [1.82, 2.24) is 20.3 Å². The third kappa shape index (κ3) is 2.83.